The summed E-state index contributed by atoms with van der Waals surface area (Å²) in [7, 11) is 0. The lowest BCUT2D eigenvalue weighted by Gasteiger charge is -2.16. The van der Waals surface area contributed by atoms with Crippen LogP contribution in [-0.4, -0.2) is 43.2 Å². The Morgan fingerprint density at radius 3 is 1.40 bits per heavy atom. The number of benzene rings is 13. The monoisotopic (exact) mass is 1250 g/mol. The van der Waals surface area contributed by atoms with Crippen LogP contribution in [0, 0.1) is 0 Å². The van der Waals surface area contributed by atoms with Gasteiger partial charge in [0.2, 0.25) is 0 Å². The summed E-state index contributed by atoms with van der Waals surface area (Å²) < 4.78 is 14.0. The van der Waals surface area contributed by atoms with Crippen LogP contribution in [0.25, 0.3) is 178 Å². The zero-order chi connectivity index (χ0) is 64.2. The molecule has 0 unspecified atom stereocenters. The fourth-order valence-electron chi connectivity index (χ4n) is 14.0. The Balaban J connectivity index is 0.686. The van der Waals surface area contributed by atoms with Gasteiger partial charge in [0.25, 0.3) is 11.1 Å². The van der Waals surface area contributed by atoms with Gasteiger partial charge >= 0.3 is 0 Å². The molecular weight excluding hydrogens is 1190 g/mol. The Morgan fingerprint density at radius 1 is 0.237 bits per heavy atom. The van der Waals surface area contributed by atoms with Crippen molar-refractivity contribution in [3.05, 3.63) is 330 Å². The third-order valence-corrected chi connectivity index (χ3v) is 18.7. The van der Waals surface area contributed by atoms with Crippen molar-refractivity contribution in [2.45, 2.75) is 0 Å². The highest BCUT2D eigenvalue weighted by atomic mass is 16.3. The molecule has 0 amide bonds. The van der Waals surface area contributed by atoms with Crippen molar-refractivity contribution in [1.29, 1.82) is 0 Å². The van der Waals surface area contributed by atoms with Gasteiger partial charge in [0.05, 0.1) is 60.8 Å². The van der Waals surface area contributed by atoms with Crippen molar-refractivity contribution in [2.24, 2.45) is 0 Å². The number of imidazole rings is 1. The van der Waals surface area contributed by atoms with Gasteiger partial charge < -0.3 is 8.98 Å². The van der Waals surface area contributed by atoms with Crippen LogP contribution in [0.15, 0.2) is 323 Å². The first-order valence-corrected chi connectivity index (χ1v) is 32.1. The molecule has 97 heavy (non-hydrogen) atoms. The molecule has 454 valence electrons. The highest BCUT2D eigenvalue weighted by Gasteiger charge is 2.24. The molecule has 0 aliphatic carbocycles. The molecule has 0 bridgehead atoms. The second-order valence-electron chi connectivity index (χ2n) is 24.3. The molecule has 0 N–H and O–H groups in total. The number of aromatic nitrogens is 9. The summed E-state index contributed by atoms with van der Waals surface area (Å²) in [5.41, 5.74) is 17.2. The number of fused-ring (bicyclic) bond motifs is 10. The van der Waals surface area contributed by atoms with Gasteiger partial charge in [0, 0.05) is 55.0 Å². The molecule has 19 aromatic rings. The summed E-state index contributed by atoms with van der Waals surface area (Å²) in [4.78, 5) is 56.3. The number of furan rings is 1. The average molecular weight is 1250 g/mol. The Kier molecular flexibility index (Phi) is 12.6. The second-order valence-corrected chi connectivity index (χ2v) is 24.3. The lowest BCUT2D eigenvalue weighted by molar-refractivity contribution is 0.669. The molecule has 0 spiro atoms. The van der Waals surface area contributed by atoms with Crippen molar-refractivity contribution < 1.29 is 4.42 Å². The van der Waals surface area contributed by atoms with E-state index in [0.29, 0.717) is 62.2 Å². The lowest BCUT2D eigenvalue weighted by Crippen LogP contribution is -2.22. The molecule has 6 heterocycles. The van der Waals surface area contributed by atoms with E-state index in [1.165, 1.54) is 0 Å². The quantitative estimate of drug-likeness (QED) is 0.132. The first kappa shape index (κ1) is 55.2. The highest BCUT2D eigenvalue weighted by Crippen LogP contribution is 2.40. The zero-order valence-corrected chi connectivity index (χ0v) is 51.7. The van der Waals surface area contributed by atoms with E-state index in [2.05, 4.69) is 130 Å². The molecule has 0 aliphatic heterocycles. The maximum Gasteiger partial charge on any atom is 0.266 e. The van der Waals surface area contributed by atoms with Gasteiger partial charge in [-0.05, 0) is 174 Å². The molecule has 0 aliphatic rings. The molecule has 12 heteroatoms. The summed E-state index contributed by atoms with van der Waals surface area (Å²) in [6.07, 6.45) is 0. The Morgan fingerprint density at radius 2 is 0.680 bits per heavy atom. The molecule has 12 nitrogen and oxygen atoms in total. The van der Waals surface area contributed by atoms with Crippen LogP contribution >= 0.6 is 0 Å². The van der Waals surface area contributed by atoms with E-state index in [9.17, 15) is 4.79 Å². The summed E-state index contributed by atoms with van der Waals surface area (Å²) in [5.74, 6) is 2.16. The smallest absolute Gasteiger partial charge is 0.266 e. The Bertz CT molecular complexity index is 6530. The molecule has 19 rings (SSSR count). The topological polar surface area (TPSA) is 131 Å². The van der Waals surface area contributed by atoms with Crippen LogP contribution in [-0.2, 0) is 0 Å². The van der Waals surface area contributed by atoms with Gasteiger partial charge in [0.1, 0.15) is 28.5 Å². The van der Waals surface area contributed by atoms with Gasteiger partial charge in [-0.2, -0.15) is 0 Å². The van der Waals surface area contributed by atoms with Crippen molar-refractivity contribution in [3.8, 4) is 90.7 Å². The number of para-hydroxylation sites is 6. The molecule has 0 saturated heterocycles. The minimum Gasteiger partial charge on any atom is -0.456 e. The maximum absolute atomic E-state index is 15.4. The first-order valence-electron chi connectivity index (χ1n) is 32.1. The summed E-state index contributed by atoms with van der Waals surface area (Å²) in [6, 6.07) is 103. The van der Waals surface area contributed by atoms with E-state index in [0.717, 1.165) is 116 Å². The number of hydrogen-bond donors (Lipinski definition) is 0. The molecular formula is C85H51N9O3. The van der Waals surface area contributed by atoms with Crippen LogP contribution in [0.1, 0.15) is 0 Å². The van der Waals surface area contributed by atoms with E-state index in [1.54, 1.807) is 9.13 Å². The third-order valence-electron chi connectivity index (χ3n) is 18.7. The molecule has 0 fully saturated rings. The summed E-state index contributed by atoms with van der Waals surface area (Å²) in [5, 5.41) is 6.23. The molecule has 0 saturated carbocycles. The van der Waals surface area contributed by atoms with Gasteiger partial charge in [-0.25, -0.2) is 24.9 Å². The number of hydrogen-bond acceptors (Lipinski definition) is 8. The minimum absolute atomic E-state index is 0.187. The molecule has 0 atom stereocenters. The van der Waals surface area contributed by atoms with Crippen LogP contribution in [0.2, 0.25) is 0 Å². The Labute approximate surface area is 552 Å². The minimum atomic E-state index is -0.224. The number of rotatable bonds is 10. The standard InChI is InChI=1S/C85H51N9O3/c95-84-66-27-11-15-29-71(66)88-83(79-65-26-10-14-28-70(65)86-80(90-79)52-18-4-1-5-19-52)94(84)62-42-34-53(35-43-62)81-89-73-45-37-58(51-76(73)92(81)59-20-6-2-7-21-59)55-36-44-72-69(50-55)85(96)93(60-22-8-3-9-23-60)82(87-72)54-32-40-61(41-33-54)91-74-30-16-12-24-63(74)67-48-56(38-46-75(67)91)57-39-47-78-68(49-57)64-25-13-17-31-77(64)97-78/h1-51H. The Hall–Kier alpha value is -13.5. The van der Waals surface area contributed by atoms with Gasteiger partial charge in [-0.15, -0.1) is 0 Å². The summed E-state index contributed by atoms with van der Waals surface area (Å²) in [6.45, 7) is 0. The van der Waals surface area contributed by atoms with Crippen LogP contribution in [0.3, 0.4) is 0 Å². The molecule has 6 aromatic heterocycles. The van der Waals surface area contributed by atoms with E-state index in [1.807, 2.05) is 188 Å². The van der Waals surface area contributed by atoms with Gasteiger partial charge in [-0.3, -0.25) is 23.3 Å². The first-order chi connectivity index (χ1) is 47.9. The number of nitrogens with zero attached hydrogens (tertiary/aromatic N) is 9. The predicted octanol–water partition coefficient (Wildman–Crippen LogP) is 19.4. The zero-order valence-electron chi connectivity index (χ0n) is 51.7. The van der Waals surface area contributed by atoms with Crippen LogP contribution in [0.5, 0.6) is 0 Å². The van der Waals surface area contributed by atoms with E-state index >= 15 is 4.79 Å². The highest BCUT2D eigenvalue weighted by molar-refractivity contribution is 6.11. The SMILES string of the molecule is O=c1c2cc(-c3ccc4nc(-c5ccc(-n6c(-c7nc(-c8ccccc8)nc8ccccc78)nc7ccccc7c6=O)cc5)n(-c5ccccc5)c4c3)ccc2nc(-c2ccc(-n3c4ccccc4c4cc(-c5ccc6oc7ccccc7c6c5)ccc43)cc2)n1-c1ccccc1. The van der Waals surface area contributed by atoms with Crippen LogP contribution < -0.4 is 11.1 Å². The van der Waals surface area contributed by atoms with E-state index < -0.39 is 0 Å². The van der Waals surface area contributed by atoms with E-state index in [-0.39, 0.29) is 11.1 Å². The van der Waals surface area contributed by atoms with Crippen molar-refractivity contribution in [1.82, 2.24) is 43.2 Å². The molecule has 0 radical (unpaired) electrons. The van der Waals surface area contributed by atoms with Gasteiger partial charge in [-0.1, -0.05) is 158 Å². The summed E-state index contributed by atoms with van der Waals surface area (Å²) >= 11 is 0. The predicted molar refractivity (Wildman–Crippen MR) is 390 cm³/mol. The van der Waals surface area contributed by atoms with Crippen LogP contribution in [0.4, 0.5) is 0 Å². The average Bonchev–Trinajstić information content (AvgIpc) is 1.69. The van der Waals surface area contributed by atoms with Crippen molar-refractivity contribution >= 4 is 87.5 Å². The normalized spacial score (nSPS) is 11.8. The fraction of sp³-hybridized carbons (Fsp3) is 0. The lowest BCUT2D eigenvalue weighted by atomic mass is 10.0. The van der Waals surface area contributed by atoms with Crippen molar-refractivity contribution in [3.63, 3.8) is 0 Å². The maximum atomic E-state index is 15.4. The molecule has 13 aromatic carbocycles. The fourth-order valence-corrected chi connectivity index (χ4v) is 14.0. The van der Waals surface area contributed by atoms with E-state index in [4.69, 9.17) is 29.3 Å². The van der Waals surface area contributed by atoms with Crippen molar-refractivity contribution in [2.75, 3.05) is 0 Å². The second kappa shape index (κ2) is 22.1. The largest absolute Gasteiger partial charge is 0.456 e. The van der Waals surface area contributed by atoms with Gasteiger partial charge in [0.15, 0.2) is 11.6 Å². The third kappa shape index (κ3) is 9.10.